The van der Waals surface area contributed by atoms with E-state index in [2.05, 4.69) is 25.9 Å². The third-order valence-corrected chi connectivity index (χ3v) is 6.26. The van der Waals surface area contributed by atoms with Crippen LogP contribution in [0.4, 0.5) is 15.9 Å². The lowest BCUT2D eigenvalue weighted by molar-refractivity contribution is -0.130. The van der Waals surface area contributed by atoms with Crippen LogP contribution in [0.15, 0.2) is 64.0 Å². The Morgan fingerprint density at radius 1 is 1.08 bits per heavy atom. The molecule has 0 saturated carbocycles. The Balaban J connectivity index is 1.12. The summed E-state index contributed by atoms with van der Waals surface area (Å²) in [4.78, 5) is 32.5. The molecule has 202 valence electrons. The van der Waals surface area contributed by atoms with Crippen molar-refractivity contribution in [3.05, 3.63) is 72.2 Å². The van der Waals surface area contributed by atoms with E-state index in [-0.39, 0.29) is 18.1 Å². The molecule has 4 aromatic rings. The van der Waals surface area contributed by atoms with Gasteiger partial charge >= 0.3 is 0 Å². The molecule has 5 rings (SSSR count). The van der Waals surface area contributed by atoms with Gasteiger partial charge < -0.3 is 34.2 Å². The summed E-state index contributed by atoms with van der Waals surface area (Å²) in [5.41, 5.74) is 1.71. The van der Waals surface area contributed by atoms with Gasteiger partial charge in [-0.1, -0.05) is 16.4 Å². The first kappa shape index (κ1) is 25.7. The maximum Gasteiger partial charge on any atom is 0.270 e. The second kappa shape index (κ2) is 11.6. The first-order chi connectivity index (χ1) is 19.0. The highest BCUT2D eigenvalue weighted by molar-refractivity contribution is 5.95. The molecule has 0 radical (unpaired) electrons. The maximum atomic E-state index is 15.1. The van der Waals surface area contributed by atoms with Gasteiger partial charge in [-0.2, -0.15) is 0 Å². The van der Waals surface area contributed by atoms with E-state index in [9.17, 15) is 9.59 Å². The fourth-order valence-corrected chi connectivity index (χ4v) is 4.15. The van der Waals surface area contributed by atoms with Crippen LogP contribution in [0, 0.1) is 5.82 Å². The van der Waals surface area contributed by atoms with E-state index in [0.29, 0.717) is 67.0 Å². The summed E-state index contributed by atoms with van der Waals surface area (Å²) in [6, 6.07) is 11.4. The second-order valence-electron chi connectivity index (χ2n) is 8.71. The number of piperazine rings is 1. The Kier molecular flexibility index (Phi) is 7.66. The molecule has 1 aliphatic rings. The topological polar surface area (TPSA) is 139 Å². The van der Waals surface area contributed by atoms with E-state index < -0.39 is 11.7 Å². The Hall–Kier alpha value is -4.94. The highest BCUT2D eigenvalue weighted by atomic mass is 19.1. The number of carbonyl (C=O) groups is 2. The maximum absolute atomic E-state index is 15.1. The Bertz CT molecular complexity index is 1430. The van der Waals surface area contributed by atoms with E-state index in [0.717, 1.165) is 0 Å². The number of amides is 2. The van der Waals surface area contributed by atoms with E-state index >= 15 is 4.39 Å². The monoisotopic (exact) mass is 535 g/mol. The number of aromatic nitrogens is 3. The largest absolute Gasteiger partial charge is 0.497 e. The van der Waals surface area contributed by atoms with Crippen molar-refractivity contribution in [2.24, 2.45) is 0 Å². The number of pyridine rings is 1. The summed E-state index contributed by atoms with van der Waals surface area (Å²) in [6.45, 7) is 1.90. The number of ether oxygens (including phenoxy) is 1. The molecule has 4 heterocycles. The normalized spacial score (nSPS) is 13.3. The SMILES string of the molecule is COc1ccnc(C(=O)NCC(=O)N2CCN(c3ccc(-c4cc(CNc5ccon5)on4)cc3F)CC2)c1. The van der Waals surface area contributed by atoms with Crippen LogP contribution in [0.3, 0.4) is 0 Å². The van der Waals surface area contributed by atoms with Gasteiger partial charge in [-0.25, -0.2) is 4.39 Å². The van der Waals surface area contributed by atoms with Gasteiger partial charge in [0.05, 0.1) is 25.9 Å². The number of anilines is 2. The van der Waals surface area contributed by atoms with Crippen molar-refractivity contribution in [1.29, 1.82) is 0 Å². The molecule has 1 fully saturated rings. The Morgan fingerprint density at radius 2 is 1.92 bits per heavy atom. The smallest absolute Gasteiger partial charge is 0.270 e. The molecule has 0 atom stereocenters. The summed E-state index contributed by atoms with van der Waals surface area (Å²) in [7, 11) is 1.49. The average molecular weight is 536 g/mol. The van der Waals surface area contributed by atoms with Gasteiger partial charge in [0.25, 0.3) is 5.91 Å². The molecular weight excluding hydrogens is 509 g/mol. The number of nitrogens with zero attached hydrogens (tertiary/aromatic N) is 5. The van der Waals surface area contributed by atoms with Crippen LogP contribution in [-0.2, 0) is 11.3 Å². The number of methoxy groups -OCH3 is 1. The lowest BCUT2D eigenvalue weighted by Crippen LogP contribution is -2.51. The van der Waals surface area contributed by atoms with Crippen LogP contribution in [0.2, 0.25) is 0 Å². The summed E-state index contributed by atoms with van der Waals surface area (Å²) in [6.07, 6.45) is 2.92. The molecule has 0 bridgehead atoms. The number of nitrogens with one attached hydrogen (secondary N) is 2. The third-order valence-electron chi connectivity index (χ3n) is 6.26. The van der Waals surface area contributed by atoms with Gasteiger partial charge in [-0.3, -0.25) is 14.6 Å². The van der Waals surface area contributed by atoms with Crippen LogP contribution < -0.4 is 20.3 Å². The van der Waals surface area contributed by atoms with Crippen LogP contribution in [0.25, 0.3) is 11.3 Å². The zero-order valence-electron chi connectivity index (χ0n) is 21.1. The van der Waals surface area contributed by atoms with E-state index in [1.807, 2.05) is 4.90 Å². The standard InChI is InChI=1S/C26H26FN7O5/c1-37-18-4-6-28-22(13-18)26(36)30-16-25(35)34-9-7-33(8-10-34)23-3-2-17(12-20(23)27)21-14-19(39-31-21)15-29-24-5-11-38-32-24/h2-6,11-14H,7-10,15-16H2,1H3,(H,29,32)(H,30,36). The van der Waals surface area contributed by atoms with Crippen molar-refractivity contribution in [2.45, 2.75) is 6.54 Å². The minimum Gasteiger partial charge on any atom is -0.497 e. The molecule has 2 amide bonds. The van der Waals surface area contributed by atoms with Crippen molar-refractivity contribution in [2.75, 3.05) is 50.1 Å². The minimum absolute atomic E-state index is 0.158. The molecule has 12 nitrogen and oxygen atoms in total. The first-order valence-corrected chi connectivity index (χ1v) is 12.2. The predicted molar refractivity (Wildman–Crippen MR) is 138 cm³/mol. The van der Waals surface area contributed by atoms with Crippen molar-refractivity contribution < 1.29 is 27.8 Å². The predicted octanol–water partition coefficient (Wildman–Crippen LogP) is 2.56. The van der Waals surface area contributed by atoms with Gasteiger partial charge in [0, 0.05) is 56.1 Å². The van der Waals surface area contributed by atoms with Crippen molar-refractivity contribution in [1.82, 2.24) is 25.5 Å². The molecule has 3 aromatic heterocycles. The molecule has 1 aromatic carbocycles. The zero-order valence-corrected chi connectivity index (χ0v) is 21.1. The van der Waals surface area contributed by atoms with E-state index in [4.69, 9.17) is 13.8 Å². The van der Waals surface area contributed by atoms with Crippen LogP contribution >= 0.6 is 0 Å². The minimum atomic E-state index is -0.464. The molecule has 13 heteroatoms. The summed E-state index contributed by atoms with van der Waals surface area (Å²) < 4.78 is 30.3. The number of halogens is 1. The molecular formula is C26H26FN7O5. The number of hydrogen-bond acceptors (Lipinski definition) is 10. The fraction of sp³-hybridized carbons (Fsp3) is 0.269. The van der Waals surface area contributed by atoms with Gasteiger partial charge in [0.1, 0.15) is 29.2 Å². The summed E-state index contributed by atoms with van der Waals surface area (Å²) in [5.74, 6) is 0.556. The molecule has 1 saturated heterocycles. The highest BCUT2D eigenvalue weighted by Gasteiger charge is 2.24. The molecule has 1 aliphatic heterocycles. The summed E-state index contributed by atoms with van der Waals surface area (Å²) >= 11 is 0. The van der Waals surface area contributed by atoms with Gasteiger partial charge in [0.2, 0.25) is 5.91 Å². The highest BCUT2D eigenvalue weighted by Crippen LogP contribution is 2.27. The molecule has 0 aliphatic carbocycles. The number of benzene rings is 1. The lowest BCUT2D eigenvalue weighted by Gasteiger charge is -2.36. The van der Waals surface area contributed by atoms with E-state index in [1.54, 1.807) is 35.2 Å². The summed E-state index contributed by atoms with van der Waals surface area (Å²) in [5, 5.41) is 13.4. The number of rotatable bonds is 9. The van der Waals surface area contributed by atoms with Crippen LogP contribution in [-0.4, -0.2) is 71.8 Å². The first-order valence-electron chi connectivity index (χ1n) is 12.2. The van der Waals surface area contributed by atoms with E-state index in [1.165, 1.54) is 31.7 Å². The quantitative estimate of drug-likeness (QED) is 0.329. The van der Waals surface area contributed by atoms with Crippen LogP contribution in [0.1, 0.15) is 16.2 Å². The third kappa shape index (κ3) is 6.14. The lowest BCUT2D eigenvalue weighted by atomic mass is 10.1. The second-order valence-corrected chi connectivity index (χ2v) is 8.71. The van der Waals surface area contributed by atoms with Crippen LogP contribution in [0.5, 0.6) is 5.75 Å². The van der Waals surface area contributed by atoms with Crippen molar-refractivity contribution in [3.8, 4) is 17.0 Å². The van der Waals surface area contributed by atoms with Gasteiger partial charge in [0.15, 0.2) is 11.6 Å². The molecule has 39 heavy (non-hydrogen) atoms. The average Bonchev–Trinajstić information content (AvgIpc) is 3.67. The van der Waals surface area contributed by atoms with Crippen molar-refractivity contribution in [3.63, 3.8) is 0 Å². The number of carbonyl (C=O) groups excluding carboxylic acids is 2. The molecule has 0 spiro atoms. The fourth-order valence-electron chi connectivity index (χ4n) is 4.15. The number of hydrogen-bond donors (Lipinski definition) is 2. The Labute approximate surface area is 222 Å². The van der Waals surface area contributed by atoms with Gasteiger partial charge in [-0.15, -0.1) is 0 Å². The molecule has 2 N–H and O–H groups in total. The Morgan fingerprint density at radius 3 is 2.67 bits per heavy atom. The van der Waals surface area contributed by atoms with Gasteiger partial charge in [-0.05, 0) is 18.2 Å². The zero-order chi connectivity index (χ0) is 27.2. The molecule has 0 unspecified atom stereocenters. The van der Waals surface area contributed by atoms with Crippen molar-refractivity contribution >= 4 is 23.3 Å².